The van der Waals surface area contributed by atoms with E-state index in [9.17, 15) is 4.79 Å². The third kappa shape index (κ3) is 3.56. The number of carbonyl (C=O) groups excluding carboxylic acids is 1. The predicted octanol–water partition coefficient (Wildman–Crippen LogP) is 3.52. The Balaban J connectivity index is 2.95. The Hall–Kier alpha value is -0.870. The Morgan fingerprint density at radius 1 is 1.39 bits per heavy atom. The maximum Gasteiger partial charge on any atom is 0.244 e. The predicted molar refractivity (Wildman–Crippen MR) is 79.7 cm³/mol. The Labute approximate surface area is 117 Å². The molecule has 0 saturated carbocycles. The Morgan fingerprint density at radius 2 is 1.89 bits per heavy atom. The van der Waals surface area contributed by atoms with E-state index in [0.29, 0.717) is 6.42 Å². The fourth-order valence-electron chi connectivity index (χ4n) is 2.00. The van der Waals surface area contributed by atoms with Crippen LogP contribution in [0.3, 0.4) is 0 Å². The van der Waals surface area contributed by atoms with Crippen LogP contribution in [0.2, 0.25) is 0 Å². The van der Waals surface area contributed by atoms with Crippen molar-refractivity contribution < 1.29 is 4.79 Å². The summed E-state index contributed by atoms with van der Waals surface area (Å²) in [6.45, 7) is 7.74. The zero-order valence-electron chi connectivity index (χ0n) is 11.4. The molecule has 3 N–H and O–H groups in total. The van der Waals surface area contributed by atoms with E-state index in [1.807, 2.05) is 32.9 Å². The van der Waals surface area contributed by atoms with E-state index in [1.165, 1.54) is 0 Å². The molecule has 0 bridgehead atoms. The van der Waals surface area contributed by atoms with Gasteiger partial charge >= 0.3 is 0 Å². The minimum atomic E-state index is -0.819. The average molecular weight is 313 g/mol. The fourth-order valence-corrected chi connectivity index (χ4v) is 2.68. The topological polar surface area (TPSA) is 55.1 Å². The number of hydrogen-bond acceptors (Lipinski definition) is 2. The molecule has 1 rings (SSSR count). The van der Waals surface area contributed by atoms with Crippen LogP contribution in [0.1, 0.15) is 37.8 Å². The summed E-state index contributed by atoms with van der Waals surface area (Å²) in [6, 6.07) is 3.96. The van der Waals surface area contributed by atoms with Crippen LogP contribution in [-0.2, 0) is 4.79 Å². The van der Waals surface area contributed by atoms with E-state index in [1.54, 1.807) is 6.92 Å². The number of anilines is 1. The van der Waals surface area contributed by atoms with Gasteiger partial charge in [-0.2, -0.15) is 0 Å². The number of halogens is 1. The number of benzene rings is 1. The van der Waals surface area contributed by atoms with Crippen molar-refractivity contribution in [3.8, 4) is 0 Å². The monoisotopic (exact) mass is 312 g/mol. The van der Waals surface area contributed by atoms with Crippen LogP contribution in [-0.4, -0.2) is 11.4 Å². The molecule has 1 atom stereocenters. The molecule has 0 aliphatic carbocycles. The quantitative estimate of drug-likeness (QED) is 0.893. The standard InChI is InChI=1S/C14H21BrN2O/c1-5-6-14(4,16)13(18)17-12-9(2)7-11(15)8-10(12)3/h7-8H,5-6,16H2,1-4H3,(H,17,18). The maximum absolute atomic E-state index is 12.2. The van der Waals surface area contributed by atoms with Crippen molar-refractivity contribution in [2.75, 3.05) is 5.32 Å². The molecule has 0 heterocycles. The van der Waals surface area contributed by atoms with Gasteiger partial charge in [-0.05, 0) is 50.5 Å². The lowest BCUT2D eigenvalue weighted by Gasteiger charge is -2.24. The van der Waals surface area contributed by atoms with E-state index in [0.717, 1.165) is 27.7 Å². The van der Waals surface area contributed by atoms with Gasteiger partial charge in [-0.1, -0.05) is 29.3 Å². The second kappa shape index (κ2) is 5.85. The van der Waals surface area contributed by atoms with Gasteiger partial charge in [0.05, 0.1) is 5.54 Å². The third-order valence-electron chi connectivity index (χ3n) is 3.02. The second-order valence-corrected chi connectivity index (χ2v) is 5.95. The van der Waals surface area contributed by atoms with Crippen LogP contribution in [0.5, 0.6) is 0 Å². The zero-order valence-corrected chi connectivity index (χ0v) is 13.0. The van der Waals surface area contributed by atoms with Crippen molar-refractivity contribution in [3.63, 3.8) is 0 Å². The van der Waals surface area contributed by atoms with Gasteiger partial charge in [0.2, 0.25) is 5.91 Å². The van der Waals surface area contributed by atoms with E-state index in [-0.39, 0.29) is 5.91 Å². The van der Waals surface area contributed by atoms with Gasteiger partial charge in [0.15, 0.2) is 0 Å². The van der Waals surface area contributed by atoms with Crippen LogP contribution >= 0.6 is 15.9 Å². The molecule has 100 valence electrons. The summed E-state index contributed by atoms with van der Waals surface area (Å²) in [5.41, 5.74) is 8.13. The van der Waals surface area contributed by atoms with Crippen molar-refractivity contribution >= 4 is 27.5 Å². The lowest BCUT2D eigenvalue weighted by Crippen LogP contribution is -2.48. The van der Waals surface area contributed by atoms with Crippen LogP contribution in [0.25, 0.3) is 0 Å². The molecule has 0 spiro atoms. The molecule has 3 nitrogen and oxygen atoms in total. The molecule has 1 amide bonds. The first kappa shape index (κ1) is 15.2. The number of nitrogens with two attached hydrogens (primary N) is 1. The zero-order chi connectivity index (χ0) is 13.9. The molecule has 18 heavy (non-hydrogen) atoms. The van der Waals surface area contributed by atoms with E-state index in [2.05, 4.69) is 21.2 Å². The summed E-state index contributed by atoms with van der Waals surface area (Å²) in [5, 5.41) is 2.95. The van der Waals surface area contributed by atoms with Gasteiger partial charge < -0.3 is 11.1 Å². The smallest absolute Gasteiger partial charge is 0.244 e. The maximum atomic E-state index is 12.2. The SMILES string of the molecule is CCCC(C)(N)C(=O)Nc1c(C)cc(Br)cc1C. The van der Waals surface area contributed by atoms with Crippen molar-refractivity contribution in [1.29, 1.82) is 0 Å². The van der Waals surface area contributed by atoms with Crippen LogP contribution in [0.15, 0.2) is 16.6 Å². The number of nitrogens with one attached hydrogen (secondary N) is 1. The summed E-state index contributed by atoms with van der Waals surface area (Å²) in [7, 11) is 0. The van der Waals surface area contributed by atoms with Gasteiger partial charge in [-0.15, -0.1) is 0 Å². The van der Waals surface area contributed by atoms with Crippen LogP contribution in [0, 0.1) is 13.8 Å². The largest absolute Gasteiger partial charge is 0.324 e. The van der Waals surface area contributed by atoms with Gasteiger partial charge in [-0.25, -0.2) is 0 Å². The highest BCUT2D eigenvalue weighted by molar-refractivity contribution is 9.10. The minimum Gasteiger partial charge on any atom is -0.324 e. The molecular weight excluding hydrogens is 292 g/mol. The second-order valence-electron chi connectivity index (χ2n) is 5.04. The number of carbonyl (C=O) groups is 1. The first-order valence-electron chi connectivity index (χ1n) is 6.15. The summed E-state index contributed by atoms with van der Waals surface area (Å²) in [5.74, 6) is -0.127. The summed E-state index contributed by atoms with van der Waals surface area (Å²) in [6.07, 6.45) is 1.56. The van der Waals surface area contributed by atoms with Crippen molar-refractivity contribution in [2.45, 2.75) is 46.1 Å². The lowest BCUT2D eigenvalue weighted by molar-refractivity contribution is -0.120. The molecule has 0 aliphatic heterocycles. The Morgan fingerprint density at radius 3 is 2.33 bits per heavy atom. The third-order valence-corrected chi connectivity index (χ3v) is 3.48. The normalized spacial score (nSPS) is 14.1. The molecule has 0 fully saturated rings. The Bertz CT molecular complexity index is 432. The molecule has 0 aliphatic rings. The first-order valence-corrected chi connectivity index (χ1v) is 6.94. The van der Waals surface area contributed by atoms with E-state index >= 15 is 0 Å². The summed E-state index contributed by atoms with van der Waals surface area (Å²) >= 11 is 3.44. The van der Waals surface area contributed by atoms with Crippen LogP contribution < -0.4 is 11.1 Å². The molecule has 0 saturated heterocycles. The van der Waals surface area contributed by atoms with Gasteiger partial charge in [0.25, 0.3) is 0 Å². The number of aryl methyl sites for hydroxylation is 2. The van der Waals surface area contributed by atoms with Gasteiger partial charge in [0.1, 0.15) is 0 Å². The van der Waals surface area contributed by atoms with Crippen molar-refractivity contribution in [2.24, 2.45) is 5.73 Å². The highest BCUT2D eigenvalue weighted by atomic mass is 79.9. The fraction of sp³-hybridized carbons (Fsp3) is 0.500. The molecule has 1 aromatic carbocycles. The molecule has 0 radical (unpaired) electrons. The average Bonchev–Trinajstić information content (AvgIpc) is 2.22. The lowest BCUT2D eigenvalue weighted by atomic mass is 9.96. The van der Waals surface area contributed by atoms with E-state index in [4.69, 9.17) is 5.73 Å². The van der Waals surface area contributed by atoms with Crippen LogP contribution in [0.4, 0.5) is 5.69 Å². The highest BCUT2D eigenvalue weighted by Crippen LogP contribution is 2.26. The van der Waals surface area contributed by atoms with Gasteiger partial charge in [0, 0.05) is 10.2 Å². The molecule has 4 heteroatoms. The summed E-state index contributed by atoms with van der Waals surface area (Å²) in [4.78, 5) is 12.2. The van der Waals surface area contributed by atoms with Crippen molar-refractivity contribution in [3.05, 3.63) is 27.7 Å². The molecular formula is C14H21BrN2O. The first-order chi connectivity index (χ1) is 8.27. The minimum absolute atomic E-state index is 0.127. The number of hydrogen-bond donors (Lipinski definition) is 2. The number of rotatable bonds is 4. The molecule has 1 aromatic rings. The highest BCUT2D eigenvalue weighted by Gasteiger charge is 2.27. The van der Waals surface area contributed by atoms with Crippen molar-refractivity contribution in [1.82, 2.24) is 0 Å². The Kier molecular flexibility index (Phi) is 4.93. The number of amides is 1. The molecule has 0 aromatic heterocycles. The summed E-state index contributed by atoms with van der Waals surface area (Å²) < 4.78 is 1.01. The van der Waals surface area contributed by atoms with E-state index < -0.39 is 5.54 Å². The molecule has 1 unspecified atom stereocenters. The van der Waals surface area contributed by atoms with Gasteiger partial charge in [-0.3, -0.25) is 4.79 Å².